The number of nitrogens with zero attached hydrogens (tertiary/aromatic N) is 5. The summed E-state index contributed by atoms with van der Waals surface area (Å²) in [6.45, 7) is 0.468. The fourth-order valence-electron chi connectivity index (χ4n) is 2.25. The first-order valence-corrected chi connectivity index (χ1v) is 7.10. The van der Waals surface area contributed by atoms with E-state index in [1.807, 2.05) is 0 Å². The molecule has 23 heavy (non-hydrogen) atoms. The van der Waals surface area contributed by atoms with Gasteiger partial charge in [-0.1, -0.05) is 11.6 Å². The summed E-state index contributed by atoms with van der Waals surface area (Å²) in [5.41, 5.74) is 0.900. The van der Waals surface area contributed by atoms with E-state index in [1.54, 1.807) is 18.2 Å². The number of carboxylic acid groups (broad SMARTS) is 1. The molecule has 1 fully saturated rings. The van der Waals surface area contributed by atoms with Gasteiger partial charge in [0.2, 0.25) is 0 Å². The highest BCUT2D eigenvalue weighted by Crippen LogP contribution is 2.22. The van der Waals surface area contributed by atoms with Crippen molar-refractivity contribution in [2.45, 2.75) is 6.10 Å². The van der Waals surface area contributed by atoms with Crippen LogP contribution in [0.15, 0.2) is 24.5 Å². The van der Waals surface area contributed by atoms with E-state index >= 15 is 0 Å². The van der Waals surface area contributed by atoms with Gasteiger partial charge in [-0.2, -0.15) is 0 Å². The number of hydrogen-bond donors (Lipinski definition) is 1. The SMILES string of the molecule is O=C(O)C1CN(C(=O)c2ccc(-n3cnnn3)cc2Cl)CCO1. The predicted molar refractivity (Wildman–Crippen MR) is 77.4 cm³/mol. The number of carbonyl (C=O) groups is 2. The minimum atomic E-state index is -1.09. The molecular formula is C13H12ClN5O4. The number of morpholine rings is 1. The summed E-state index contributed by atoms with van der Waals surface area (Å²) < 4.78 is 6.51. The van der Waals surface area contributed by atoms with Gasteiger partial charge >= 0.3 is 5.97 Å². The van der Waals surface area contributed by atoms with Crippen LogP contribution in [0, 0.1) is 0 Å². The first-order valence-electron chi connectivity index (χ1n) is 6.73. The average Bonchev–Trinajstić information content (AvgIpc) is 3.08. The normalized spacial score (nSPS) is 18.0. The molecule has 2 heterocycles. The third-order valence-corrected chi connectivity index (χ3v) is 3.74. The molecule has 2 aromatic rings. The summed E-state index contributed by atoms with van der Waals surface area (Å²) in [5.74, 6) is -1.43. The Morgan fingerprint density at radius 1 is 1.39 bits per heavy atom. The zero-order valence-corrected chi connectivity index (χ0v) is 12.5. The monoisotopic (exact) mass is 337 g/mol. The molecule has 1 N–H and O–H groups in total. The summed E-state index contributed by atoms with van der Waals surface area (Å²) in [4.78, 5) is 24.9. The lowest BCUT2D eigenvalue weighted by atomic mass is 10.1. The third kappa shape index (κ3) is 3.15. The van der Waals surface area contributed by atoms with Crippen LogP contribution >= 0.6 is 11.6 Å². The van der Waals surface area contributed by atoms with E-state index in [2.05, 4.69) is 15.5 Å². The van der Waals surface area contributed by atoms with E-state index in [0.29, 0.717) is 12.2 Å². The molecule has 1 aliphatic heterocycles. The van der Waals surface area contributed by atoms with Crippen molar-refractivity contribution < 1.29 is 19.4 Å². The van der Waals surface area contributed by atoms with Gasteiger partial charge in [-0.3, -0.25) is 4.79 Å². The van der Waals surface area contributed by atoms with Crippen LogP contribution in [0.4, 0.5) is 0 Å². The van der Waals surface area contributed by atoms with Gasteiger partial charge in [0, 0.05) is 6.54 Å². The van der Waals surface area contributed by atoms with Crippen molar-refractivity contribution in [2.24, 2.45) is 0 Å². The van der Waals surface area contributed by atoms with Crippen LogP contribution in [-0.4, -0.2) is 67.9 Å². The maximum absolute atomic E-state index is 12.5. The van der Waals surface area contributed by atoms with Crippen molar-refractivity contribution in [1.29, 1.82) is 0 Å². The number of hydrogen-bond acceptors (Lipinski definition) is 6. The fourth-order valence-corrected chi connectivity index (χ4v) is 2.51. The lowest BCUT2D eigenvalue weighted by Gasteiger charge is -2.31. The fraction of sp³-hybridized carbons (Fsp3) is 0.308. The Kier molecular flexibility index (Phi) is 4.22. The number of aromatic nitrogens is 4. The van der Waals surface area contributed by atoms with Gasteiger partial charge in [0.1, 0.15) is 6.33 Å². The van der Waals surface area contributed by atoms with Crippen molar-refractivity contribution >= 4 is 23.5 Å². The number of ether oxygens (including phenoxy) is 1. The number of halogens is 1. The molecule has 0 aliphatic carbocycles. The summed E-state index contributed by atoms with van der Waals surface area (Å²) in [7, 11) is 0. The van der Waals surface area contributed by atoms with Crippen molar-refractivity contribution in [3.63, 3.8) is 0 Å². The van der Waals surface area contributed by atoms with E-state index in [-0.39, 0.29) is 29.6 Å². The van der Waals surface area contributed by atoms with Crippen LogP contribution in [0.3, 0.4) is 0 Å². The highest BCUT2D eigenvalue weighted by molar-refractivity contribution is 6.34. The zero-order valence-electron chi connectivity index (χ0n) is 11.8. The minimum Gasteiger partial charge on any atom is -0.479 e. The zero-order chi connectivity index (χ0) is 16.4. The molecule has 1 amide bonds. The lowest BCUT2D eigenvalue weighted by Crippen LogP contribution is -2.48. The summed E-state index contributed by atoms with van der Waals surface area (Å²) in [5, 5.41) is 20.0. The van der Waals surface area contributed by atoms with Gasteiger partial charge in [0.15, 0.2) is 6.10 Å². The first-order chi connectivity index (χ1) is 11.1. The number of rotatable bonds is 3. The smallest absolute Gasteiger partial charge is 0.334 e. The molecular weight excluding hydrogens is 326 g/mol. The van der Waals surface area contributed by atoms with Gasteiger partial charge in [-0.25, -0.2) is 9.48 Å². The molecule has 1 aromatic heterocycles. The second-order valence-corrected chi connectivity index (χ2v) is 5.27. The Morgan fingerprint density at radius 3 is 2.87 bits per heavy atom. The second-order valence-electron chi connectivity index (χ2n) is 4.87. The van der Waals surface area contributed by atoms with Gasteiger partial charge in [0.25, 0.3) is 5.91 Å². The van der Waals surface area contributed by atoms with Crippen LogP contribution in [0.25, 0.3) is 5.69 Å². The largest absolute Gasteiger partial charge is 0.479 e. The Morgan fingerprint density at radius 2 is 2.22 bits per heavy atom. The summed E-state index contributed by atoms with van der Waals surface area (Å²) in [6, 6.07) is 4.79. The molecule has 1 aromatic carbocycles. The maximum atomic E-state index is 12.5. The Labute approximate surface area is 135 Å². The first kappa shape index (κ1) is 15.4. The van der Waals surface area contributed by atoms with Crippen molar-refractivity contribution in [1.82, 2.24) is 25.1 Å². The Bertz CT molecular complexity index is 736. The van der Waals surface area contributed by atoms with E-state index in [4.69, 9.17) is 21.4 Å². The quantitative estimate of drug-likeness (QED) is 0.854. The number of carboxylic acids is 1. The lowest BCUT2D eigenvalue weighted by molar-refractivity contribution is -0.154. The van der Waals surface area contributed by atoms with Crippen molar-refractivity contribution in [2.75, 3.05) is 19.7 Å². The molecule has 0 saturated carbocycles. The Balaban J connectivity index is 1.81. The molecule has 120 valence electrons. The number of tetrazole rings is 1. The molecule has 0 radical (unpaired) electrons. The molecule has 1 atom stereocenters. The molecule has 10 heteroatoms. The van der Waals surface area contributed by atoms with Crippen LogP contribution in [-0.2, 0) is 9.53 Å². The minimum absolute atomic E-state index is 0.0146. The van der Waals surface area contributed by atoms with Crippen LogP contribution in [0.2, 0.25) is 5.02 Å². The van der Waals surface area contributed by atoms with E-state index in [1.165, 1.54) is 15.9 Å². The molecule has 1 saturated heterocycles. The predicted octanol–water partition coefficient (Wildman–Crippen LogP) is 0.241. The summed E-state index contributed by atoms with van der Waals surface area (Å²) in [6.07, 6.45) is 0.388. The molecule has 1 unspecified atom stereocenters. The molecule has 0 bridgehead atoms. The van der Waals surface area contributed by atoms with Gasteiger partial charge in [0.05, 0.1) is 29.4 Å². The number of carbonyl (C=O) groups excluding carboxylic acids is 1. The van der Waals surface area contributed by atoms with Crippen molar-refractivity contribution in [3.8, 4) is 5.69 Å². The van der Waals surface area contributed by atoms with Gasteiger partial charge < -0.3 is 14.7 Å². The second kappa shape index (κ2) is 6.31. The number of amides is 1. The molecule has 9 nitrogen and oxygen atoms in total. The molecule has 1 aliphatic rings. The standard InChI is InChI=1S/C13H12ClN5O4/c14-10-5-8(19-7-15-16-17-19)1-2-9(10)12(20)18-3-4-23-11(6-18)13(21)22/h1-2,5,7,11H,3-4,6H2,(H,21,22). The van der Waals surface area contributed by atoms with Crippen LogP contribution in [0.1, 0.15) is 10.4 Å². The number of benzene rings is 1. The van der Waals surface area contributed by atoms with Gasteiger partial charge in [-0.05, 0) is 28.6 Å². The third-order valence-electron chi connectivity index (χ3n) is 3.43. The number of aliphatic carboxylic acids is 1. The highest BCUT2D eigenvalue weighted by atomic mass is 35.5. The van der Waals surface area contributed by atoms with E-state index in [9.17, 15) is 9.59 Å². The van der Waals surface area contributed by atoms with Gasteiger partial charge in [-0.15, -0.1) is 5.10 Å². The van der Waals surface area contributed by atoms with E-state index < -0.39 is 12.1 Å². The van der Waals surface area contributed by atoms with Crippen molar-refractivity contribution in [3.05, 3.63) is 35.1 Å². The summed E-state index contributed by atoms with van der Waals surface area (Å²) >= 11 is 6.18. The van der Waals surface area contributed by atoms with Crippen LogP contribution < -0.4 is 0 Å². The van der Waals surface area contributed by atoms with E-state index in [0.717, 1.165) is 0 Å². The Hall–Kier alpha value is -2.52. The maximum Gasteiger partial charge on any atom is 0.334 e. The highest BCUT2D eigenvalue weighted by Gasteiger charge is 2.30. The topological polar surface area (TPSA) is 110 Å². The molecule has 0 spiro atoms. The molecule has 3 rings (SSSR count). The van der Waals surface area contributed by atoms with Crippen LogP contribution in [0.5, 0.6) is 0 Å². The average molecular weight is 338 g/mol.